The Morgan fingerprint density at radius 3 is 2.65 bits per heavy atom. The maximum Gasteiger partial charge on any atom is 0.239 e. The van der Waals surface area contributed by atoms with Crippen LogP contribution in [0.4, 0.5) is 0 Å². The van der Waals surface area contributed by atoms with E-state index in [0.29, 0.717) is 12.5 Å². The van der Waals surface area contributed by atoms with E-state index in [-0.39, 0.29) is 18.4 Å². The minimum Gasteiger partial charge on any atom is -0.352 e. The molecule has 1 aliphatic carbocycles. The van der Waals surface area contributed by atoms with E-state index in [1.165, 1.54) is 12.8 Å². The Hall–Kier alpha value is -1.06. The lowest BCUT2D eigenvalue weighted by Crippen LogP contribution is -2.43. The number of hydrogen-bond acceptors (Lipinski definition) is 2. The van der Waals surface area contributed by atoms with E-state index >= 15 is 0 Å². The zero-order valence-corrected chi connectivity index (χ0v) is 10.6. The van der Waals surface area contributed by atoms with Crippen LogP contribution < -0.4 is 5.32 Å². The van der Waals surface area contributed by atoms with Crippen LogP contribution in [0.15, 0.2) is 0 Å². The molecule has 2 aliphatic rings. The molecule has 0 unspecified atom stereocenters. The van der Waals surface area contributed by atoms with Crippen LogP contribution in [0, 0.1) is 5.92 Å². The summed E-state index contributed by atoms with van der Waals surface area (Å²) in [5.74, 6) is 0.931. The van der Waals surface area contributed by atoms with Gasteiger partial charge in [-0.1, -0.05) is 6.92 Å². The second kappa shape index (κ2) is 5.52. The summed E-state index contributed by atoms with van der Waals surface area (Å²) < 4.78 is 0. The average molecular weight is 238 g/mol. The summed E-state index contributed by atoms with van der Waals surface area (Å²) in [6, 6.07) is 0.330. The molecule has 0 radical (unpaired) electrons. The molecule has 0 spiro atoms. The Balaban J connectivity index is 1.72. The van der Waals surface area contributed by atoms with Gasteiger partial charge in [-0.05, 0) is 38.0 Å². The zero-order chi connectivity index (χ0) is 12.3. The summed E-state index contributed by atoms with van der Waals surface area (Å²) in [4.78, 5) is 24.8. The fraction of sp³-hybridized carbons (Fsp3) is 0.846. The number of nitrogens with one attached hydrogen (secondary N) is 1. The van der Waals surface area contributed by atoms with Gasteiger partial charge in [-0.15, -0.1) is 0 Å². The molecular weight excluding hydrogens is 216 g/mol. The Morgan fingerprint density at radius 2 is 2.06 bits per heavy atom. The predicted octanol–water partition coefficient (Wildman–Crippen LogP) is 1.30. The van der Waals surface area contributed by atoms with Gasteiger partial charge in [0.1, 0.15) is 0 Å². The van der Waals surface area contributed by atoms with Crippen LogP contribution in [0.1, 0.15) is 45.4 Å². The number of carbonyl (C=O) groups excluding carboxylic acids is 2. The van der Waals surface area contributed by atoms with Crippen molar-refractivity contribution in [2.24, 2.45) is 5.92 Å². The molecule has 0 bridgehead atoms. The first-order valence-corrected chi connectivity index (χ1v) is 6.72. The van der Waals surface area contributed by atoms with Gasteiger partial charge in [0.05, 0.1) is 6.54 Å². The highest BCUT2D eigenvalue weighted by molar-refractivity contribution is 5.85. The Labute approximate surface area is 103 Å². The van der Waals surface area contributed by atoms with E-state index in [1.807, 2.05) is 0 Å². The molecule has 0 aromatic rings. The van der Waals surface area contributed by atoms with Crippen LogP contribution >= 0.6 is 0 Å². The molecule has 1 heterocycles. The molecule has 2 fully saturated rings. The Bertz CT molecular complexity index is 296. The second-order valence-electron chi connectivity index (χ2n) is 5.44. The Morgan fingerprint density at radius 1 is 1.35 bits per heavy atom. The molecule has 17 heavy (non-hydrogen) atoms. The van der Waals surface area contributed by atoms with Gasteiger partial charge in [0.25, 0.3) is 0 Å². The lowest BCUT2D eigenvalue weighted by atomic mass is 9.87. The first-order valence-electron chi connectivity index (χ1n) is 6.72. The number of amides is 2. The monoisotopic (exact) mass is 238 g/mol. The lowest BCUT2D eigenvalue weighted by Gasteiger charge is -2.27. The minimum absolute atomic E-state index is 0.0137. The van der Waals surface area contributed by atoms with E-state index in [1.54, 1.807) is 4.90 Å². The highest BCUT2D eigenvalue weighted by Crippen LogP contribution is 2.23. The van der Waals surface area contributed by atoms with Gasteiger partial charge >= 0.3 is 0 Å². The summed E-state index contributed by atoms with van der Waals surface area (Å²) in [7, 11) is 0. The first-order chi connectivity index (χ1) is 8.15. The number of likely N-dealkylation sites (tertiary alicyclic amines) is 1. The van der Waals surface area contributed by atoms with Crippen molar-refractivity contribution < 1.29 is 9.59 Å². The molecule has 1 saturated carbocycles. The van der Waals surface area contributed by atoms with Crippen LogP contribution in [0.2, 0.25) is 0 Å². The number of rotatable bonds is 3. The standard InChI is InChI=1S/C13H22N2O2/c1-10-4-6-11(7-5-10)14-12(16)9-15-8-2-3-13(15)17/h10-11H,2-9H2,1H3,(H,14,16). The molecule has 4 nitrogen and oxygen atoms in total. The Kier molecular flexibility index (Phi) is 4.02. The lowest BCUT2D eigenvalue weighted by molar-refractivity contribution is -0.133. The number of carbonyl (C=O) groups is 2. The molecule has 96 valence electrons. The molecule has 4 heteroatoms. The molecule has 1 saturated heterocycles. The van der Waals surface area contributed by atoms with Crippen molar-refractivity contribution in [2.75, 3.05) is 13.1 Å². The van der Waals surface area contributed by atoms with Crippen molar-refractivity contribution in [2.45, 2.75) is 51.5 Å². The maximum atomic E-state index is 11.8. The molecule has 2 amide bonds. The van der Waals surface area contributed by atoms with Crippen molar-refractivity contribution in [3.63, 3.8) is 0 Å². The smallest absolute Gasteiger partial charge is 0.239 e. The fourth-order valence-electron chi connectivity index (χ4n) is 2.72. The van der Waals surface area contributed by atoms with Gasteiger partial charge in [0.15, 0.2) is 0 Å². The van der Waals surface area contributed by atoms with Crippen molar-refractivity contribution >= 4 is 11.8 Å². The van der Waals surface area contributed by atoms with Crippen LogP contribution in [0.25, 0.3) is 0 Å². The van der Waals surface area contributed by atoms with E-state index in [9.17, 15) is 9.59 Å². The summed E-state index contributed by atoms with van der Waals surface area (Å²) >= 11 is 0. The summed E-state index contributed by atoms with van der Waals surface area (Å²) in [6.07, 6.45) is 6.07. The fourth-order valence-corrected chi connectivity index (χ4v) is 2.72. The van der Waals surface area contributed by atoms with Crippen molar-refractivity contribution in [3.8, 4) is 0 Å². The molecular formula is C13H22N2O2. The van der Waals surface area contributed by atoms with Crippen LogP contribution in [-0.2, 0) is 9.59 Å². The van der Waals surface area contributed by atoms with Gasteiger partial charge in [-0.25, -0.2) is 0 Å². The highest BCUT2D eigenvalue weighted by atomic mass is 16.2. The third-order valence-corrected chi connectivity index (χ3v) is 3.89. The van der Waals surface area contributed by atoms with Crippen LogP contribution in [-0.4, -0.2) is 35.8 Å². The largest absolute Gasteiger partial charge is 0.352 e. The molecule has 0 atom stereocenters. The molecule has 1 N–H and O–H groups in total. The second-order valence-corrected chi connectivity index (χ2v) is 5.44. The van der Waals surface area contributed by atoms with E-state index in [4.69, 9.17) is 0 Å². The number of nitrogens with zero attached hydrogens (tertiary/aromatic N) is 1. The molecule has 0 aromatic carbocycles. The van der Waals surface area contributed by atoms with Crippen LogP contribution in [0.5, 0.6) is 0 Å². The van der Waals surface area contributed by atoms with E-state index in [2.05, 4.69) is 12.2 Å². The predicted molar refractivity (Wildman–Crippen MR) is 65.4 cm³/mol. The van der Waals surface area contributed by atoms with Gasteiger partial charge in [-0.2, -0.15) is 0 Å². The topological polar surface area (TPSA) is 49.4 Å². The van der Waals surface area contributed by atoms with Crippen LogP contribution in [0.3, 0.4) is 0 Å². The molecule has 1 aliphatic heterocycles. The van der Waals surface area contributed by atoms with Gasteiger partial charge in [-0.3, -0.25) is 9.59 Å². The zero-order valence-electron chi connectivity index (χ0n) is 10.6. The minimum atomic E-state index is 0.0137. The average Bonchev–Trinajstić information content (AvgIpc) is 2.68. The third kappa shape index (κ3) is 3.45. The van der Waals surface area contributed by atoms with E-state index in [0.717, 1.165) is 31.7 Å². The summed E-state index contributed by atoms with van der Waals surface area (Å²) in [5, 5.41) is 3.05. The van der Waals surface area contributed by atoms with Crippen molar-refractivity contribution in [3.05, 3.63) is 0 Å². The third-order valence-electron chi connectivity index (χ3n) is 3.89. The van der Waals surface area contributed by atoms with Crippen molar-refractivity contribution in [1.82, 2.24) is 10.2 Å². The first kappa shape index (κ1) is 12.4. The normalized spacial score (nSPS) is 29.5. The highest BCUT2D eigenvalue weighted by Gasteiger charge is 2.24. The quantitative estimate of drug-likeness (QED) is 0.805. The molecule has 2 rings (SSSR count). The van der Waals surface area contributed by atoms with Gasteiger partial charge < -0.3 is 10.2 Å². The van der Waals surface area contributed by atoms with Crippen molar-refractivity contribution in [1.29, 1.82) is 0 Å². The summed E-state index contributed by atoms with van der Waals surface area (Å²) in [6.45, 7) is 3.26. The van der Waals surface area contributed by atoms with E-state index < -0.39 is 0 Å². The SMILES string of the molecule is CC1CCC(NC(=O)CN2CCCC2=O)CC1. The summed E-state index contributed by atoms with van der Waals surface area (Å²) in [5.41, 5.74) is 0. The number of hydrogen-bond donors (Lipinski definition) is 1. The molecule has 0 aromatic heterocycles. The maximum absolute atomic E-state index is 11.8. The van der Waals surface area contributed by atoms with Gasteiger partial charge in [0, 0.05) is 19.0 Å². The van der Waals surface area contributed by atoms with Gasteiger partial charge in [0.2, 0.25) is 11.8 Å².